The molecule has 4 aromatic rings. The monoisotopic (exact) mass is 330 g/mol. The van der Waals surface area contributed by atoms with Crippen molar-refractivity contribution in [3.05, 3.63) is 125 Å². The van der Waals surface area contributed by atoms with E-state index in [1.807, 2.05) is 0 Å². The largest absolute Gasteiger partial charge is 0.139 e. The highest BCUT2D eigenvalue weighted by atomic mass is 14.5. The molecule has 0 unspecified atom stereocenters. The first-order chi connectivity index (χ1) is 12.8. The second-order valence-corrected chi connectivity index (χ2v) is 7.07. The molecule has 0 amide bonds. The van der Waals surface area contributed by atoms with Gasteiger partial charge in [0, 0.05) is 0 Å². The van der Waals surface area contributed by atoms with Crippen molar-refractivity contribution in [3.63, 3.8) is 0 Å². The molecule has 0 saturated carbocycles. The molecule has 0 N–H and O–H groups in total. The molecular formula is C25H19B. The van der Waals surface area contributed by atoms with Crippen LogP contribution in [0, 0.1) is 0 Å². The normalized spacial score (nSPS) is 13.8. The third-order valence-corrected chi connectivity index (χ3v) is 5.64. The van der Waals surface area contributed by atoms with Gasteiger partial charge in [0.15, 0.2) is 0 Å². The Hall–Kier alpha value is -3.06. The average Bonchev–Trinajstić information content (AvgIpc) is 3.01. The third-order valence-electron chi connectivity index (χ3n) is 5.64. The Kier molecular flexibility index (Phi) is 3.36. The van der Waals surface area contributed by atoms with Crippen LogP contribution < -0.4 is 5.46 Å². The molecule has 1 aliphatic carbocycles. The summed E-state index contributed by atoms with van der Waals surface area (Å²) in [6.45, 7) is 0. The summed E-state index contributed by atoms with van der Waals surface area (Å²) in [6, 6.07) is 37.7. The van der Waals surface area contributed by atoms with Crippen LogP contribution in [0.4, 0.5) is 0 Å². The van der Waals surface area contributed by atoms with Gasteiger partial charge in [0.1, 0.15) is 7.85 Å². The maximum Gasteiger partial charge on any atom is 0.139 e. The molecule has 0 spiro atoms. The molecule has 0 atom stereocenters. The molecule has 1 aliphatic rings. The van der Waals surface area contributed by atoms with Gasteiger partial charge in [-0.25, -0.2) is 0 Å². The Morgan fingerprint density at radius 2 is 0.923 bits per heavy atom. The second-order valence-electron chi connectivity index (χ2n) is 7.07. The molecule has 0 bridgehead atoms. The maximum atomic E-state index is 2.29. The second kappa shape index (κ2) is 5.74. The SMILES string of the molecule is Bc1ccc(C2(c3ccccc3)c3ccccc3-c3ccccc32)cc1. The summed E-state index contributed by atoms with van der Waals surface area (Å²) < 4.78 is 0. The van der Waals surface area contributed by atoms with Crippen LogP contribution in [0.2, 0.25) is 0 Å². The standard InChI is InChI=1S/C25H19B/c26-20-16-14-19(15-17-20)25(18-8-2-1-3-9-18)23-12-6-4-10-21(23)22-11-5-7-13-24(22)25/h1-17H,26H2. The Balaban J connectivity index is 1.96. The highest BCUT2D eigenvalue weighted by molar-refractivity contribution is 6.32. The summed E-state index contributed by atoms with van der Waals surface area (Å²) >= 11 is 0. The van der Waals surface area contributed by atoms with Gasteiger partial charge in [-0.15, -0.1) is 0 Å². The van der Waals surface area contributed by atoms with E-state index in [1.165, 1.54) is 38.8 Å². The Morgan fingerprint density at radius 1 is 0.462 bits per heavy atom. The molecule has 5 rings (SSSR count). The van der Waals surface area contributed by atoms with Crippen molar-refractivity contribution < 1.29 is 0 Å². The fraction of sp³-hybridized carbons (Fsp3) is 0.0400. The molecule has 0 radical (unpaired) electrons. The fourth-order valence-corrected chi connectivity index (χ4v) is 4.52. The van der Waals surface area contributed by atoms with E-state index in [4.69, 9.17) is 0 Å². The minimum Gasteiger partial charge on any atom is -0.0889 e. The lowest BCUT2D eigenvalue weighted by molar-refractivity contribution is 0.769. The molecule has 0 aliphatic heterocycles. The highest BCUT2D eigenvalue weighted by Gasteiger charge is 2.45. The van der Waals surface area contributed by atoms with Crippen LogP contribution in [0.25, 0.3) is 11.1 Å². The zero-order valence-corrected chi connectivity index (χ0v) is 14.8. The molecule has 0 heterocycles. The van der Waals surface area contributed by atoms with Gasteiger partial charge < -0.3 is 0 Å². The van der Waals surface area contributed by atoms with Gasteiger partial charge in [0.25, 0.3) is 0 Å². The van der Waals surface area contributed by atoms with Crippen molar-refractivity contribution in [2.75, 3.05) is 0 Å². The first kappa shape index (κ1) is 15.2. The van der Waals surface area contributed by atoms with Crippen LogP contribution in [0.15, 0.2) is 103 Å². The summed E-state index contributed by atoms with van der Waals surface area (Å²) in [5, 5.41) is 0. The van der Waals surface area contributed by atoms with Crippen LogP contribution in [-0.4, -0.2) is 7.85 Å². The summed E-state index contributed by atoms with van der Waals surface area (Å²) in [4.78, 5) is 0. The van der Waals surface area contributed by atoms with E-state index in [9.17, 15) is 0 Å². The van der Waals surface area contributed by atoms with Gasteiger partial charge in [-0.1, -0.05) is 109 Å². The molecule has 0 aromatic heterocycles. The van der Waals surface area contributed by atoms with Crippen molar-refractivity contribution in [1.82, 2.24) is 0 Å². The summed E-state index contributed by atoms with van der Waals surface area (Å²) in [5.74, 6) is 0. The van der Waals surface area contributed by atoms with Gasteiger partial charge in [0.2, 0.25) is 0 Å². The van der Waals surface area contributed by atoms with Crippen molar-refractivity contribution in [2.45, 2.75) is 5.41 Å². The van der Waals surface area contributed by atoms with E-state index >= 15 is 0 Å². The van der Waals surface area contributed by atoms with Gasteiger partial charge >= 0.3 is 0 Å². The molecule has 0 saturated heterocycles. The molecule has 0 nitrogen and oxygen atoms in total. The minimum atomic E-state index is -0.262. The Morgan fingerprint density at radius 3 is 1.50 bits per heavy atom. The van der Waals surface area contributed by atoms with E-state index < -0.39 is 0 Å². The fourth-order valence-electron chi connectivity index (χ4n) is 4.52. The van der Waals surface area contributed by atoms with Crippen molar-refractivity contribution in [2.24, 2.45) is 0 Å². The van der Waals surface area contributed by atoms with E-state index in [2.05, 4.69) is 111 Å². The molecule has 1 heteroatoms. The highest BCUT2D eigenvalue weighted by Crippen LogP contribution is 2.55. The first-order valence-electron chi connectivity index (χ1n) is 9.14. The van der Waals surface area contributed by atoms with Gasteiger partial charge in [0.05, 0.1) is 5.41 Å². The zero-order valence-electron chi connectivity index (χ0n) is 14.8. The minimum absolute atomic E-state index is 0.262. The predicted octanol–water partition coefficient (Wildman–Crippen LogP) is 4.31. The van der Waals surface area contributed by atoms with E-state index in [1.54, 1.807) is 0 Å². The summed E-state index contributed by atoms with van der Waals surface area (Å²) in [7, 11) is 2.15. The molecular weight excluding hydrogens is 311 g/mol. The van der Waals surface area contributed by atoms with Gasteiger partial charge in [-0.05, 0) is 33.4 Å². The predicted molar refractivity (Wildman–Crippen MR) is 112 cm³/mol. The lowest BCUT2D eigenvalue weighted by Crippen LogP contribution is -2.28. The smallest absolute Gasteiger partial charge is 0.0889 e. The average molecular weight is 330 g/mol. The maximum absolute atomic E-state index is 2.29. The number of benzene rings is 4. The van der Waals surface area contributed by atoms with Crippen molar-refractivity contribution in [3.8, 4) is 11.1 Å². The lowest BCUT2D eigenvalue weighted by atomic mass is 9.67. The van der Waals surface area contributed by atoms with E-state index in [0.29, 0.717) is 0 Å². The molecule has 0 fully saturated rings. The number of hydrogen-bond acceptors (Lipinski definition) is 0. The number of hydrogen-bond donors (Lipinski definition) is 0. The van der Waals surface area contributed by atoms with Gasteiger partial charge in [-0.3, -0.25) is 0 Å². The third kappa shape index (κ3) is 1.98. The summed E-state index contributed by atoms with van der Waals surface area (Å²) in [6.07, 6.45) is 0. The quantitative estimate of drug-likeness (QED) is 0.423. The number of rotatable bonds is 2. The van der Waals surface area contributed by atoms with E-state index in [0.717, 1.165) is 0 Å². The van der Waals surface area contributed by atoms with Crippen LogP contribution in [0.1, 0.15) is 22.3 Å². The van der Waals surface area contributed by atoms with Gasteiger partial charge in [-0.2, -0.15) is 0 Å². The Labute approximate surface area is 155 Å². The summed E-state index contributed by atoms with van der Waals surface area (Å²) in [5.41, 5.74) is 9.10. The zero-order chi connectivity index (χ0) is 17.6. The molecule has 26 heavy (non-hydrogen) atoms. The van der Waals surface area contributed by atoms with Crippen molar-refractivity contribution in [1.29, 1.82) is 0 Å². The van der Waals surface area contributed by atoms with Crippen LogP contribution in [0.5, 0.6) is 0 Å². The van der Waals surface area contributed by atoms with Crippen molar-refractivity contribution >= 4 is 13.3 Å². The van der Waals surface area contributed by atoms with Crippen LogP contribution in [-0.2, 0) is 5.41 Å². The number of fused-ring (bicyclic) bond motifs is 3. The topological polar surface area (TPSA) is 0 Å². The molecule has 4 aromatic carbocycles. The van der Waals surface area contributed by atoms with Crippen LogP contribution in [0.3, 0.4) is 0 Å². The Bertz CT molecular complexity index is 1030. The lowest BCUT2D eigenvalue weighted by Gasteiger charge is -2.33. The van der Waals surface area contributed by atoms with E-state index in [-0.39, 0.29) is 5.41 Å². The van der Waals surface area contributed by atoms with Crippen LogP contribution >= 0.6 is 0 Å². The first-order valence-corrected chi connectivity index (χ1v) is 9.14. The molecule has 122 valence electrons.